The lowest BCUT2D eigenvalue weighted by Crippen LogP contribution is -2.29. The van der Waals surface area contributed by atoms with Crippen LogP contribution >= 0.6 is 0 Å². The summed E-state index contributed by atoms with van der Waals surface area (Å²) in [6, 6.07) is 3.46. The molecular formula is C19H19F3N8O3. The van der Waals surface area contributed by atoms with E-state index < -0.39 is 35.3 Å². The predicted molar refractivity (Wildman–Crippen MR) is 111 cm³/mol. The Balaban J connectivity index is 1.71. The molecule has 33 heavy (non-hydrogen) atoms. The van der Waals surface area contributed by atoms with Gasteiger partial charge in [0.05, 0.1) is 11.6 Å². The molecule has 174 valence electrons. The second-order valence-electron chi connectivity index (χ2n) is 6.86. The van der Waals surface area contributed by atoms with Gasteiger partial charge in [0.15, 0.2) is 0 Å². The Morgan fingerprint density at radius 2 is 1.88 bits per heavy atom. The van der Waals surface area contributed by atoms with Crippen LogP contribution in [0.5, 0.6) is 0 Å². The van der Waals surface area contributed by atoms with E-state index in [-0.39, 0.29) is 40.8 Å². The van der Waals surface area contributed by atoms with Gasteiger partial charge in [-0.2, -0.15) is 13.2 Å². The number of nitrogens with zero attached hydrogens (tertiary/aromatic N) is 3. The lowest BCUT2D eigenvalue weighted by Gasteiger charge is -2.13. The van der Waals surface area contributed by atoms with Crippen molar-refractivity contribution in [1.29, 1.82) is 0 Å². The first-order chi connectivity index (χ1) is 15.5. The van der Waals surface area contributed by atoms with Crippen LogP contribution in [-0.4, -0.2) is 26.9 Å². The smallest absolute Gasteiger partial charge is 0.398 e. The zero-order valence-electron chi connectivity index (χ0n) is 17.1. The SMILES string of the molecule is C[C@@H](NC(=O)c1ncnc(N)c1CN)c1cc(C(=O)Nc2ccc(N)c(C(F)(F)F)c2)on1. The van der Waals surface area contributed by atoms with Crippen molar-refractivity contribution in [1.82, 2.24) is 20.4 Å². The van der Waals surface area contributed by atoms with Crippen molar-refractivity contribution < 1.29 is 27.3 Å². The molecule has 2 amide bonds. The zero-order valence-corrected chi connectivity index (χ0v) is 17.1. The first kappa shape index (κ1) is 23.5. The molecule has 0 aliphatic heterocycles. The average Bonchev–Trinajstić information content (AvgIpc) is 3.24. The Morgan fingerprint density at radius 3 is 2.55 bits per heavy atom. The van der Waals surface area contributed by atoms with Crippen LogP contribution in [0.1, 0.15) is 50.8 Å². The van der Waals surface area contributed by atoms with Crippen molar-refractivity contribution >= 4 is 29.0 Å². The lowest BCUT2D eigenvalue weighted by atomic mass is 10.1. The van der Waals surface area contributed by atoms with Crippen molar-refractivity contribution in [3.63, 3.8) is 0 Å². The van der Waals surface area contributed by atoms with Gasteiger partial charge >= 0.3 is 6.18 Å². The topological polar surface area (TPSA) is 188 Å². The summed E-state index contributed by atoms with van der Waals surface area (Å²) < 4.78 is 44.0. The van der Waals surface area contributed by atoms with Crippen molar-refractivity contribution in [3.8, 4) is 0 Å². The molecule has 0 saturated carbocycles. The maximum absolute atomic E-state index is 13.0. The molecule has 2 heterocycles. The number of aromatic nitrogens is 3. The first-order valence-electron chi connectivity index (χ1n) is 9.36. The van der Waals surface area contributed by atoms with Gasteiger partial charge in [-0.05, 0) is 25.1 Å². The fourth-order valence-corrected chi connectivity index (χ4v) is 2.83. The third kappa shape index (κ3) is 5.17. The standard InChI is InChI=1S/C19H19F3N8O3/c1-8(28-18(32)15-10(6-23)16(25)27-7-26-15)13-5-14(33-30-13)17(31)29-9-2-3-12(24)11(4-9)19(20,21)22/h2-5,7-8H,6,23-24H2,1H3,(H,28,32)(H,29,31)(H2,25,26,27)/t8-/m1/s1. The number of nitrogens with two attached hydrogens (primary N) is 3. The van der Waals surface area contributed by atoms with Crippen LogP contribution < -0.4 is 27.8 Å². The number of carbonyl (C=O) groups excluding carboxylic acids is 2. The molecular weight excluding hydrogens is 445 g/mol. The van der Waals surface area contributed by atoms with E-state index in [2.05, 4.69) is 25.8 Å². The first-order valence-corrected chi connectivity index (χ1v) is 9.36. The van der Waals surface area contributed by atoms with Crippen LogP contribution in [0.2, 0.25) is 0 Å². The number of nitrogen functional groups attached to an aromatic ring is 2. The van der Waals surface area contributed by atoms with Crippen LogP contribution in [0.25, 0.3) is 0 Å². The van der Waals surface area contributed by atoms with Gasteiger partial charge in [-0.15, -0.1) is 0 Å². The number of anilines is 3. The van der Waals surface area contributed by atoms with E-state index in [1.807, 2.05) is 0 Å². The van der Waals surface area contributed by atoms with E-state index in [0.717, 1.165) is 12.4 Å². The Kier molecular flexibility index (Phi) is 6.48. The Hall–Kier alpha value is -4.20. The number of benzene rings is 1. The molecule has 0 radical (unpaired) electrons. The summed E-state index contributed by atoms with van der Waals surface area (Å²) >= 11 is 0. The fraction of sp³-hybridized carbons (Fsp3) is 0.211. The van der Waals surface area contributed by atoms with Crippen LogP contribution in [0.3, 0.4) is 0 Å². The number of halogens is 3. The molecule has 3 aromatic rings. The zero-order chi connectivity index (χ0) is 24.3. The van der Waals surface area contributed by atoms with Crippen molar-refractivity contribution in [2.75, 3.05) is 16.8 Å². The van der Waals surface area contributed by atoms with Crippen molar-refractivity contribution in [2.24, 2.45) is 5.73 Å². The molecule has 0 bridgehead atoms. The summed E-state index contributed by atoms with van der Waals surface area (Å²) in [6.07, 6.45) is -3.57. The monoisotopic (exact) mass is 464 g/mol. The molecule has 1 aromatic carbocycles. The third-order valence-electron chi connectivity index (χ3n) is 4.56. The summed E-state index contributed by atoms with van der Waals surface area (Å²) in [6.45, 7) is 1.51. The minimum Gasteiger partial charge on any atom is -0.398 e. The molecule has 0 aliphatic carbocycles. The molecule has 0 aliphatic rings. The van der Waals surface area contributed by atoms with Gasteiger partial charge < -0.3 is 32.4 Å². The molecule has 8 N–H and O–H groups in total. The average molecular weight is 464 g/mol. The predicted octanol–water partition coefficient (Wildman–Crippen LogP) is 1.85. The van der Waals surface area contributed by atoms with Gasteiger partial charge in [-0.1, -0.05) is 5.16 Å². The minimum atomic E-state index is -4.68. The Morgan fingerprint density at radius 1 is 1.15 bits per heavy atom. The van der Waals surface area contributed by atoms with Crippen LogP contribution in [-0.2, 0) is 12.7 Å². The summed E-state index contributed by atoms with van der Waals surface area (Å²) in [5.41, 5.74) is 15.4. The van der Waals surface area contributed by atoms with Crippen molar-refractivity contribution in [3.05, 3.63) is 58.9 Å². The number of hydrogen-bond donors (Lipinski definition) is 5. The van der Waals surface area contributed by atoms with Gasteiger partial charge in [0.25, 0.3) is 11.8 Å². The highest BCUT2D eigenvalue weighted by Crippen LogP contribution is 2.35. The fourth-order valence-electron chi connectivity index (χ4n) is 2.83. The van der Waals surface area contributed by atoms with Crippen LogP contribution in [0, 0.1) is 0 Å². The van der Waals surface area contributed by atoms with Crippen molar-refractivity contribution in [2.45, 2.75) is 25.7 Å². The van der Waals surface area contributed by atoms with E-state index >= 15 is 0 Å². The molecule has 0 unspecified atom stereocenters. The van der Waals surface area contributed by atoms with E-state index in [1.165, 1.54) is 12.1 Å². The molecule has 0 fully saturated rings. The molecule has 11 nitrogen and oxygen atoms in total. The summed E-state index contributed by atoms with van der Waals surface area (Å²) in [5, 5.41) is 8.61. The number of alkyl halides is 3. The number of hydrogen-bond acceptors (Lipinski definition) is 9. The van der Waals surface area contributed by atoms with Crippen LogP contribution in [0.4, 0.5) is 30.4 Å². The second kappa shape index (κ2) is 9.12. The Bertz CT molecular complexity index is 1200. The number of amides is 2. The van der Waals surface area contributed by atoms with Gasteiger partial charge in [-0.25, -0.2) is 9.97 Å². The van der Waals surface area contributed by atoms with E-state index in [1.54, 1.807) is 6.92 Å². The molecule has 3 rings (SSSR count). The second-order valence-corrected chi connectivity index (χ2v) is 6.86. The van der Waals surface area contributed by atoms with Crippen LogP contribution in [0.15, 0.2) is 35.1 Å². The summed E-state index contributed by atoms with van der Waals surface area (Å²) in [7, 11) is 0. The number of nitrogens with one attached hydrogen (secondary N) is 2. The number of rotatable bonds is 6. The Labute approximate surface area is 184 Å². The quantitative estimate of drug-likeness (QED) is 0.339. The highest BCUT2D eigenvalue weighted by atomic mass is 19.4. The number of carbonyl (C=O) groups is 2. The highest BCUT2D eigenvalue weighted by molar-refractivity contribution is 6.02. The van der Waals surface area contributed by atoms with E-state index in [4.69, 9.17) is 21.7 Å². The molecule has 1 atom stereocenters. The van der Waals surface area contributed by atoms with Gasteiger partial charge in [-0.3, -0.25) is 9.59 Å². The van der Waals surface area contributed by atoms with E-state index in [9.17, 15) is 22.8 Å². The maximum atomic E-state index is 13.0. The minimum absolute atomic E-state index is 0.0119. The third-order valence-corrected chi connectivity index (χ3v) is 4.56. The maximum Gasteiger partial charge on any atom is 0.418 e. The highest BCUT2D eigenvalue weighted by Gasteiger charge is 2.33. The van der Waals surface area contributed by atoms with Gasteiger partial charge in [0.1, 0.15) is 23.5 Å². The summed E-state index contributed by atoms with van der Waals surface area (Å²) in [5.74, 6) is -1.67. The molecule has 0 spiro atoms. The largest absolute Gasteiger partial charge is 0.418 e. The summed E-state index contributed by atoms with van der Waals surface area (Å²) in [4.78, 5) is 32.6. The molecule has 0 saturated heterocycles. The van der Waals surface area contributed by atoms with Gasteiger partial charge in [0.2, 0.25) is 5.76 Å². The van der Waals surface area contributed by atoms with Gasteiger partial charge in [0, 0.05) is 29.5 Å². The molecule has 14 heteroatoms. The lowest BCUT2D eigenvalue weighted by molar-refractivity contribution is -0.136. The molecule has 2 aromatic heterocycles. The normalized spacial score (nSPS) is 12.3. The van der Waals surface area contributed by atoms with E-state index in [0.29, 0.717) is 6.07 Å².